The zero-order valence-corrected chi connectivity index (χ0v) is 19.3. The lowest BCUT2D eigenvalue weighted by Crippen LogP contribution is -2.26. The number of fused-ring (bicyclic) bond motifs is 1. The van der Waals surface area contributed by atoms with E-state index in [0.29, 0.717) is 23.0 Å². The van der Waals surface area contributed by atoms with Gasteiger partial charge in [0.05, 0.1) is 24.6 Å². The number of sulfonamides is 1. The Bertz CT molecular complexity index is 1350. The molecule has 0 bridgehead atoms. The maximum absolute atomic E-state index is 12.8. The molecule has 170 valence electrons. The van der Waals surface area contributed by atoms with E-state index in [0.717, 1.165) is 16.5 Å². The van der Waals surface area contributed by atoms with Crippen LogP contribution in [-0.2, 0) is 10.0 Å². The standard InChI is InChI=1S/C25H24N2O5S/c1-17(18-4-6-19(30-2)7-5-18)27-33(28,29)22-11-8-20(9-12-22)32-25-14-15-26-24-16-21(31-3)10-13-23(24)25/h4-17,27H,1-3H3/t17-/m1/s1. The van der Waals surface area contributed by atoms with Crippen LogP contribution < -0.4 is 18.9 Å². The fourth-order valence-electron chi connectivity index (χ4n) is 3.39. The molecule has 0 aliphatic heterocycles. The molecule has 0 spiro atoms. The average Bonchev–Trinajstić information content (AvgIpc) is 2.84. The summed E-state index contributed by atoms with van der Waals surface area (Å²) >= 11 is 0. The fourth-order valence-corrected chi connectivity index (χ4v) is 4.62. The van der Waals surface area contributed by atoms with Gasteiger partial charge in [0, 0.05) is 23.7 Å². The Morgan fingerprint density at radius 1 is 0.818 bits per heavy atom. The molecule has 0 aliphatic carbocycles. The number of hydrogen-bond acceptors (Lipinski definition) is 6. The Morgan fingerprint density at radius 3 is 2.12 bits per heavy atom. The van der Waals surface area contributed by atoms with Gasteiger partial charge in [0.15, 0.2) is 0 Å². The molecule has 0 radical (unpaired) electrons. The normalized spacial score (nSPS) is 12.3. The monoisotopic (exact) mass is 464 g/mol. The Hall–Kier alpha value is -3.62. The van der Waals surface area contributed by atoms with E-state index in [1.807, 2.05) is 30.3 Å². The van der Waals surface area contributed by atoms with Crippen LogP contribution in [0, 0.1) is 0 Å². The van der Waals surface area contributed by atoms with Crippen molar-refractivity contribution in [3.63, 3.8) is 0 Å². The van der Waals surface area contributed by atoms with Gasteiger partial charge in [0.1, 0.15) is 23.0 Å². The summed E-state index contributed by atoms with van der Waals surface area (Å²) in [7, 11) is -0.529. The first-order chi connectivity index (χ1) is 15.9. The minimum absolute atomic E-state index is 0.152. The van der Waals surface area contributed by atoms with Crippen molar-refractivity contribution in [1.29, 1.82) is 0 Å². The molecular weight excluding hydrogens is 440 g/mol. The van der Waals surface area contributed by atoms with Crippen molar-refractivity contribution in [3.8, 4) is 23.0 Å². The summed E-state index contributed by atoms with van der Waals surface area (Å²) in [5, 5.41) is 0.824. The van der Waals surface area contributed by atoms with E-state index in [9.17, 15) is 8.42 Å². The molecule has 0 fully saturated rings. The molecule has 1 N–H and O–H groups in total. The molecule has 0 saturated heterocycles. The maximum atomic E-state index is 12.8. The van der Waals surface area contributed by atoms with Gasteiger partial charge in [-0.25, -0.2) is 13.1 Å². The number of ether oxygens (including phenoxy) is 3. The van der Waals surface area contributed by atoms with E-state index >= 15 is 0 Å². The number of benzene rings is 3. The highest BCUT2D eigenvalue weighted by molar-refractivity contribution is 7.89. The lowest BCUT2D eigenvalue weighted by atomic mass is 10.1. The SMILES string of the molecule is COc1ccc([C@@H](C)NS(=O)(=O)c2ccc(Oc3ccnc4cc(OC)ccc34)cc2)cc1. The zero-order valence-electron chi connectivity index (χ0n) is 18.5. The molecule has 7 nitrogen and oxygen atoms in total. The molecule has 0 unspecified atom stereocenters. The van der Waals surface area contributed by atoms with Gasteiger partial charge in [-0.2, -0.15) is 0 Å². The first-order valence-corrected chi connectivity index (χ1v) is 11.7. The van der Waals surface area contributed by atoms with Gasteiger partial charge in [0.25, 0.3) is 0 Å². The summed E-state index contributed by atoms with van der Waals surface area (Å²) in [6.45, 7) is 1.79. The minimum Gasteiger partial charge on any atom is -0.497 e. The fraction of sp³-hybridized carbons (Fsp3) is 0.160. The largest absolute Gasteiger partial charge is 0.497 e. The lowest BCUT2D eigenvalue weighted by molar-refractivity contribution is 0.414. The van der Waals surface area contributed by atoms with Crippen molar-refractivity contribution >= 4 is 20.9 Å². The number of rotatable bonds is 8. The van der Waals surface area contributed by atoms with E-state index in [2.05, 4.69) is 9.71 Å². The van der Waals surface area contributed by atoms with E-state index in [-0.39, 0.29) is 4.90 Å². The lowest BCUT2D eigenvalue weighted by Gasteiger charge is -2.15. The summed E-state index contributed by atoms with van der Waals surface area (Å²) < 4.78 is 44.8. The Morgan fingerprint density at radius 2 is 1.45 bits per heavy atom. The molecule has 33 heavy (non-hydrogen) atoms. The molecule has 1 aromatic heterocycles. The number of nitrogens with zero attached hydrogens (tertiary/aromatic N) is 1. The average molecular weight is 465 g/mol. The quantitative estimate of drug-likeness (QED) is 0.391. The Labute approximate surface area is 193 Å². The number of nitrogens with one attached hydrogen (secondary N) is 1. The second kappa shape index (κ2) is 9.48. The highest BCUT2D eigenvalue weighted by Crippen LogP contribution is 2.31. The van der Waals surface area contributed by atoms with Crippen LogP contribution in [0.3, 0.4) is 0 Å². The maximum Gasteiger partial charge on any atom is 0.241 e. The van der Waals surface area contributed by atoms with Crippen molar-refractivity contribution in [2.24, 2.45) is 0 Å². The van der Waals surface area contributed by atoms with Crippen molar-refractivity contribution in [3.05, 3.63) is 84.6 Å². The summed E-state index contributed by atoms with van der Waals surface area (Å²) in [5.74, 6) is 2.55. The molecule has 4 rings (SSSR count). The molecule has 3 aromatic carbocycles. The zero-order chi connectivity index (χ0) is 23.4. The van der Waals surface area contributed by atoms with Crippen molar-refractivity contribution < 1.29 is 22.6 Å². The van der Waals surface area contributed by atoms with Crippen LogP contribution >= 0.6 is 0 Å². The molecule has 0 saturated carbocycles. The summed E-state index contributed by atoms with van der Waals surface area (Å²) in [4.78, 5) is 4.50. The van der Waals surface area contributed by atoms with Crippen LogP contribution in [0.25, 0.3) is 10.9 Å². The highest BCUT2D eigenvalue weighted by Gasteiger charge is 2.19. The minimum atomic E-state index is -3.72. The predicted octanol–water partition coefficient (Wildman–Crippen LogP) is 5.08. The van der Waals surface area contributed by atoms with Crippen LogP contribution in [-0.4, -0.2) is 27.6 Å². The van der Waals surface area contributed by atoms with E-state index in [1.54, 1.807) is 57.7 Å². The third-order valence-corrected chi connectivity index (χ3v) is 6.78. The second-order valence-corrected chi connectivity index (χ2v) is 9.10. The molecule has 1 heterocycles. The number of pyridine rings is 1. The van der Waals surface area contributed by atoms with Crippen LogP contribution in [0.1, 0.15) is 18.5 Å². The van der Waals surface area contributed by atoms with E-state index < -0.39 is 16.1 Å². The third-order valence-electron chi connectivity index (χ3n) is 5.22. The Balaban J connectivity index is 1.50. The van der Waals surface area contributed by atoms with Gasteiger partial charge >= 0.3 is 0 Å². The first kappa shape index (κ1) is 22.6. The molecule has 0 aliphatic rings. The molecule has 1 atom stereocenters. The summed E-state index contributed by atoms with van der Waals surface area (Å²) in [6.07, 6.45) is 1.65. The van der Waals surface area contributed by atoms with Crippen LogP contribution in [0.4, 0.5) is 0 Å². The number of methoxy groups -OCH3 is 2. The third kappa shape index (κ3) is 5.08. The van der Waals surface area contributed by atoms with E-state index in [1.165, 1.54) is 12.1 Å². The van der Waals surface area contributed by atoms with Crippen molar-refractivity contribution in [1.82, 2.24) is 9.71 Å². The summed E-state index contributed by atoms with van der Waals surface area (Å²) in [6, 6.07) is 20.4. The summed E-state index contributed by atoms with van der Waals surface area (Å²) in [5.41, 5.74) is 1.57. The van der Waals surface area contributed by atoms with Gasteiger partial charge in [-0.3, -0.25) is 4.98 Å². The van der Waals surface area contributed by atoms with Crippen LogP contribution in [0.2, 0.25) is 0 Å². The van der Waals surface area contributed by atoms with Crippen LogP contribution in [0.5, 0.6) is 23.0 Å². The predicted molar refractivity (Wildman–Crippen MR) is 127 cm³/mol. The smallest absolute Gasteiger partial charge is 0.241 e. The van der Waals surface area contributed by atoms with E-state index in [4.69, 9.17) is 14.2 Å². The van der Waals surface area contributed by atoms with Gasteiger partial charge in [-0.1, -0.05) is 12.1 Å². The first-order valence-electron chi connectivity index (χ1n) is 10.3. The molecule has 4 aromatic rings. The van der Waals surface area contributed by atoms with Gasteiger partial charge in [-0.15, -0.1) is 0 Å². The van der Waals surface area contributed by atoms with Crippen molar-refractivity contribution in [2.75, 3.05) is 14.2 Å². The Kier molecular flexibility index (Phi) is 6.48. The van der Waals surface area contributed by atoms with Gasteiger partial charge in [-0.05, 0) is 67.1 Å². The number of aromatic nitrogens is 1. The molecule has 0 amide bonds. The van der Waals surface area contributed by atoms with Gasteiger partial charge in [0.2, 0.25) is 10.0 Å². The molecular formula is C25H24N2O5S. The topological polar surface area (TPSA) is 86.8 Å². The number of hydrogen-bond donors (Lipinski definition) is 1. The van der Waals surface area contributed by atoms with Gasteiger partial charge < -0.3 is 14.2 Å². The van der Waals surface area contributed by atoms with Crippen LogP contribution in [0.15, 0.2) is 83.9 Å². The molecule has 8 heteroatoms. The van der Waals surface area contributed by atoms with Crippen molar-refractivity contribution in [2.45, 2.75) is 17.9 Å². The highest BCUT2D eigenvalue weighted by atomic mass is 32.2. The second-order valence-electron chi connectivity index (χ2n) is 7.38.